The molecular weight excluding hydrogens is 396 g/mol. The van der Waals surface area contributed by atoms with Crippen LogP contribution in [0.25, 0.3) is 0 Å². The second kappa shape index (κ2) is 7.01. The number of hydrogen-bond donors (Lipinski definition) is 0. The third-order valence-corrected chi connectivity index (χ3v) is 5.88. The van der Waals surface area contributed by atoms with Crippen LogP contribution in [-0.2, 0) is 14.8 Å². The number of rotatable bonds is 2. The average molecular weight is 419 g/mol. The van der Waals surface area contributed by atoms with Crippen molar-refractivity contribution in [1.82, 2.24) is 9.21 Å². The van der Waals surface area contributed by atoms with Crippen molar-refractivity contribution < 1.29 is 17.9 Å². The average Bonchev–Trinajstić information content (AvgIpc) is 2.44. The quantitative estimate of drug-likeness (QED) is 0.739. The highest BCUT2D eigenvalue weighted by Gasteiger charge is 2.32. The van der Waals surface area contributed by atoms with E-state index in [-0.39, 0.29) is 18.0 Å². The highest BCUT2D eigenvalue weighted by molar-refractivity contribution is 9.10. The Hall–Kier alpha value is -1.12. The lowest BCUT2D eigenvalue weighted by Crippen LogP contribution is -2.51. The van der Waals surface area contributed by atoms with Gasteiger partial charge in [0, 0.05) is 30.7 Å². The van der Waals surface area contributed by atoms with Gasteiger partial charge in [-0.25, -0.2) is 13.2 Å². The number of carbonyl (C=O) groups is 1. The van der Waals surface area contributed by atoms with E-state index in [0.717, 1.165) is 10.0 Å². The van der Waals surface area contributed by atoms with Crippen LogP contribution in [-0.4, -0.2) is 55.5 Å². The summed E-state index contributed by atoms with van der Waals surface area (Å²) in [5.41, 5.74) is 0.309. The molecule has 6 nitrogen and oxygen atoms in total. The fourth-order valence-corrected chi connectivity index (χ4v) is 4.75. The molecule has 0 spiro atoms. The van der Waals surface area contributed by atoms with Crippen LogP contribution in [0.3, 0.4) is 0 Å². The summed E-state index contributed by atoms with van der Waals surface area (Å²) >= 11 is 3.33. The van der Waals surface area contributed by atoms with E-state index in [1.165, 1.54) is 4.31 Å². The second-order valence-corrected chi connectivity index (χ2v) is 9.69. The van der Waals surface area contributed by atoms with Crippen LogP contribution in [0.5, 0.6) is 0 Å². The maximum atomic E-state index is 12.8. The molecule has 1 aliphatic rings. The number of amides is 1. The van der Waals surface area contributed by atoms with E-state index in [1.54, 1.807) is 37.8 Å². The van der Waals surface area contributed by atoms with Crippen molar-refractivity contribution in [3.05, 3.63) is 28.2 Å². The van der Waals surface area contributed by atoms with Gasteiger partial charge in [-0.3, -0.25) is 0 Å². The third-order valence-electron chi connectivity index (χ3n) is 3.54. The molecule has 24 heavy (non-hydrogen) atoms. The van der Waals surface area contributed by atoms with Gasteiger partial charge in [0.05, 0.1) is 4.90 Å². The first-order valence-electron chi connectivity index (χ1n) is 7.74. The molecule has 0 atom stereocenters. The fraction of sp³-hybridized carbons (Fsp3) is 0.562. The number of carbonyl (C=O) groups excluding carboxylic acids is 1. The van der Waals surface area contributed by atoms with Gasteiger partial charge in [0.1, 0.15) is 5.60 Å². The lowest BCUT2D eigenvalue weighted by atomic mass is 10.2. The zero-order valence-electron chi connectivity index (χ0n) is 14.4. The molecule has 1 aromatic carbocycles. The molecule has 1 heterocycles. The molecule has 0 aromatic heterocycles. The van der Waals surface area contributed by atoms with Crippen LogP contribution in [0.15, 0.2) is 27.6 Å². The number of aryl methyl sites for hydroxylation is 1. The maximum Gasteiger partial charge on any atom is 0.410 e. The van der Waals surface area contributed by atoms with Crippen molar-refractivity contribution >= 4 is 32.0 Å². The Labute approximate surface area is 151 Å². The molecule has 0 bridgehead atoms. The zero-order valence-corrected chi connectivity index (χ0v) is 16.8. The topological polar surface area (TPSA) is 66.9 Å². The van der Waals surface area contributed by atoms with Gasteiger partial charge in [-0.05, 0) is 51.5 Å². The Balaban J connectivity index is 2.07. The van der Waals surface area contributed by atoms with Crippen molar-refractivity contribution in [2.24, 2.45) is 0 Å². The smallest absolute Gasteiger partial charge is 0.410 e. The van der Waals surface area contributed by atoms with Crippen LogP contribution in [0.2, 0.25) is 0 Å². The molecule has 0 aliphatic carbocycles. The molecule has 0 N–H and O–H groups in total. The molecular formula is C16H23BrN2O4S. The second-order valence-electron chi connectivity index (χ2n) is 6.84. The van der Waals surface area contributed by atoms with Gasteiger partial charge in [-0.1, -0.05) is 15.9 Å². The maximum absolute atomic E-state index is 12.8. The van der Waals surface area contributed by atoms with Gasteiger partial charge in [-0.15, -0.1) is 0 Å². The summed E-state index contributed by atoms with van der Waals surface area (Å²) in [5, 5.41) is 0. The fourth-order valence-electron chi connectivity index (χ4n) is 2.44. The summed E-state index contributed by atoms with van der Waals surface area (Å²) in [7, 11) is -3.57. The zero-order chi connectivity index (χ0) is 18.1. The molecule has 8 heteroatoms. The van der Waals surface area contributed by atoms with Gasteiger partial charge >= 0.3 is 6.09 Å². The van der Waals surface area contributed by atoms with Crippen molar-refractivity contribution in [3.63, 3.8) is 0 Å². The summed E-state index contributed by atoms with van der Waals surface area (Å²) in [6.45, 7) is 8.43. The van der Waals surface area contributed by atoms with Crippen LogP contribution in [0.4, 0.5) is 4.79 Å². The van der Waals surface area contributed by atoms with E-state index in [0.29, 0.717) is 13.1 Å². The summed E-state index contributed by atoms with van der Waals surface area (Å²) < 4.78 is 33.0. The van der Waals surface area contributed by atoms with E-state index >= 15 is 0 Å². The Morgan fingerprint density at radius 2 is 1.71 bits per heavy atom. The minimum absolute atomic E-state index is 0.257. The standard InChI is InChI=1S/C16H23BrN2O4S/c1-12-9-13(17)11-14(10-12)24(21,22)19-7-5-18(6-8-19)15(20)23-16(2,3)4/h9-11H,5-8H2,1-4H3. The Morgan fingerprint density at radius 1 is 1.12 bits per heavy atom. The molecule has 0 radical (unpaired) electrons. The van der Waals surface area contributed by atoms with Crippen molar-refractivity contribution in [3.8, 4) is 0 Å². The molecule has 0 unspecified atom stereocenters. The highest BCUT2D eigenvalue weighted by atomic mass is 79.9. The molecule has 1 aromatic rings. The number of sulfonamides is 1. The van der Waals surface area contributed by atoms with Crippen LogP contribution < -0.4 is 0 Å². The minimum Gasteiger partial charge on any atom is -0.444 e. The van der Waals surface area contributed by atoms with Crippen LogP contribution >= 0.6 is 15.9 Å². The molecule has 1 amide bonds. The SMILES string of the molecule is Cc1cc(Br)cc(S(=O)(=O)N2CCN(C(=O)OC(C)(C)C)CC2)c1. The van der Waals surface area contributed by atoms with Crippen molar-refractivity contribution in [1.29, 1.82) is 0 Å². The van der Waals surface area contributed by atoms with E-state index in [2.05, 4.69) is 15.9 Å². The summed E-state index contributed by atoms with van der Waals surface area (Å²) in [6.07, 6.45) is -0.405. The summed E-state index contributed by atoms with van der Waals surface area (Å²) in [4.78, 5) is 13.9. The number of benzene rings is 1. The number of nitrogens with zero attached hydrogens (tertiary/aromatic N) is 2. The first-order chi connectivity index (χ1) is 11.0. The Bertz CT molecular complexity index is 700. The summed E-state index contributed by atoms with van der Waals surface area (Å²) in [6, 6.07) is 5.11. The highest BCUT2D eigenvalue weighted by Crippen LogP contribution is 2.23. The van der Waals surface area contributed by atoms with E-state index in [9.17, 15) is 13.2 Å². The number of hydrogen-bond acceptors (Lipinski definition) is 4. The van der Waals surface area contributed by atoms with Gasteiger partial charge in [-0.2, -0.15) is 4.31 Å². The van der Waals surface area contributed by atoms with Crippen molar-refractivity contribution in [2.45, 2.75) is 38.2 Å². The minimum atomic E-state index is -3.57. The molecule has 1 fully saturated rings. The van der Waals surface area contributed by atoms with Gasteiger partial charge < -0.3 is 9.64 Å². The Morgan fingerprint density at radius 3 is 2.21 bits per heavy atom. The molecule has 0 saturated carbocycles. The van der Waals surface area contributed by atoms with Crippen LogP contribution in [0, 0.1) is 6.92 Å². The first kappa shape index (κ1) is 19.2. The normalized spacial score (nSPS) is 17.0. The first-order valence-corrected chi connectivity index (χ1v) is 9.98. The molecule has 1 saturated heterocycles. The molecule has 134 valence electrons. The molecule has 1 aliphatic heterocycles. The predicted molar refractivity (Wildman–Crippen MR) is 95.4 cm³/mol. The van der Waals surface area contributed by atoms with Crippen LogP contribution in [0.1, 0.15) is 26.3 Å². The summed E-state index contributed by atoms with van der Waals surface area (Å²) in [5.74, 6) is 0. The lowest BCUT2D eigenvalue weighted by Gasteiger charge is -2.35. The number of piperazine rings is 1. The number of ether oxygens (including phenoxy) is 1. The van der Waals surface area contributed by atoms with E-state index in [1.807, 2.05) is 13.0 Å². The monoisotopic (exact) mass is 418 g/mol. The van der Waals surface area contributed by atoms with Gasteiger partial charge in [0.2, 0.25) is 10.0 Å². The third kappa shape index (κ3) is 4.70. The van der Waals surface area contributed by atoms with Gasteiger partial charge in [0.15, 0.2) is 0 Å². The van der Waals surface area contributed by atoms with E-state index in [4.69, 9.17) is 4.74 Å². The number of halogens is 1. The lowest BCUT2D eigenvalue weighted by molar-refractivity contribution is 0.0192. The predicted octanol–water partition coefficient (Wildman–Crippen LogP) is 3.00. The van der Waals surface area contributed by atoms with E-state index < -0.39 is 21.7 Å². The Kier molecular flexibility index (Phi) is 5.61. The van der Waals surface area contributed by atoms with Crippen molar-refractivity contribution in [2.75, 3.05) is 26.2 Å². The van der Waals surface area contributed by atoms with Gasteiger partial charge in [0.25, 0.3) is 0 Å². The molecule has 2 rings (SSSR count). The largest absolute Gasteiger partial charge is 0.444 e.